The Hall–Kier alpha value is -0.860. The van der Waals surface area contributed by atoms with Crippen LogP contribution in [-0.4, -0.2) is 16.3 Å². The quantitative estimate of drug-likeness (QED) is 0.727. The van der Waals surface area contributed by atoms with Crippen LogP contribution in [0.2, 0.25) is 0 Å². The number of aliphatic hydroxyl groups excluding tert-OH is 2. The molecule has 0 amide bonds. The van der Waals surface area contributed by atoms with Gasteiger partial charge in [0.25, 0.3) is 0 Å². The third-order valence-electron chi connectivity index (χ3n) is 2.42. The molecular weight excluding hydrogens is 164 g/mol. The van der Waals surface area contributed by atoms with Gasteiger partial charge in [-0.15, -0.1) is 0 Å². The molecule has 1 aromatic rings. The van der Waals surface area contributed by atoms with Crippen LogP contribution in [0.15, 0.2) is 18.2 Å². The largest absolute Gasteiger partial charge is 0.390 e. The van der Waals surface area contributed by atoms with Crippen molar-refractivity contribution in [1.82, 2.24) is 0 Å². The summed E-state index contributed by atoms with van der Waals surface area (Å²) in [5.74, 6) is 0. The lowest BCUT2D eigenvalue weighted by Crippen LogP contribution is -2.15. The normalized spacial score (nSPS) is 15.5. The Labute approximate surface area is 78.8 Å². The summed E-state index contributed by atoms with van der Waals surface area (Å²) in [6.45, 7) is 5.54. The van der Waals surface area contributed by atoms with Gasteiger partial charge in [-0.05, 0) is 37.5 Å². The third kappa shape index (κ3) is 2.08. The maximum atomic E-state index is 9.65. The topological polar surface area (TPSA) is 40.5 Å². The Morgan fingerprint density at radius 1 is 1.15 bits per heavy atom. The second-order valence-electron chi connectivity index (χ2n) is 3.47. The van der Waals surface area contributed by atoms with E-state index in [0.717, 1.165) is 16.7 Å². The summed E-state index contributed by atoms with van der Waals surface area (Å²) in [5.41, 5.74) is 3.00. The zero-order chi connectivity index (χ0) is 10.0. The number of aliphatic hydroxyl groups is 2. The summed E-state index contributed by atoms with van der Waals surface area (Å²) in [6, 6.07) is 5.73. The van der Waals surface area contributed by atoms with Gasteiger partial charge in [0.1, 0.15) is 6.10 Å². The van der Waals surface area contributed by atoms with E-state index < -0.39 is 12.2 Å². The predicted molar refractivity (Wildman–Crippen MR) is 52.6 cm³/mol. The van der Waals surface area contributed by atoms with E-state index >= 15 is 0 Å². The average Bonchev–Trinajstić information content (AvgIpc) is 2.08. The summed E-state index contributed by atoms with van der Waals surface area (Å²) in [4.78, 5) is 0. The van der Waals surface area contributed by atoms with Gasteiger partial charge in [-0.2, -0.15) is 0 Å². The first-order valence-corrected chi connectivity index (χ1v) is 4.46. The molecule has 0 bridgehead atoms. The standard InChI is InChI=1S/C11H16O2/c1-7-5-4-6-10(8(7)2)11(13)9(3)12/h4-6,9,11-13H,1-3H3/t9-,11+/m0/s1. The van der Waals surface area contributed by atoms with Crippen molar-refractivity contribution < 1.29 is 10.2 Å². The Morgan fingerprint density at radius 3 is 2.31 bits per heavy atom. The fourth-order valence-corrected chi connectivity index (χ4v) is 1.35. The zero-order valence-corrected chi connectivity index (χ0v) is 8.28. The van der Waals surface area contributed by atoms with Crippen LogP contribution in [0.25, 0.3) is 0 Å². The Kier molecular flexibility index (Phi) is 3.07. The molecule has 0 saturated heterocycles. The van der Waals surface area contributed by atoms with Crippen molar-refractivity contribution in [2.45, 2.75) is 33.0 Å². The van der Waals surface area contributed by atoms with E-state index in [1.54, 1.807) is 6.92 Å². The fraction of sp³-hybridized carbons (Fsp3) is 0.455. The van der Waals surface area contributed by atoms with Crippen molar-refractivity contribution in [3.63, 3.8) is 0 Å². The van der Waals surface area contributed by atoms with Crippen molar-refractivity contribution in [3.05, 3.63) is 34.9 Å². The molecule has 0 unspecified atom stereocenters. The second kappa shape index (κ2) is 3.90. The lowest BCUT2D eigenvalue weighted by atomic mass is 9.97. The van der Waals surface area contributed by atoms with Crippen molar-refractivity contribution >= 4 is 0 Å². The van der Waals surface area contributed by atoms with Crippen LogP contribution >= 0.6 is 0 Å². The van der Waals surface area contributed by atoms with E-state index in [9.17, 15) is 10.2 Å². The molecule has 0 saturated carbocycles. The summed E-state index contributed by atoms with van der Waals surface area (Å²) in [5, 5.41) is 18.9. The lowest BCUT2D eigenvalue weighted by molar-refractivity contribution is 0.0301. The van der Waals surface area contributed by atoms with E-state index in [2.05, 4.69) is 0 Å². The first-order valence-electron chi connectivity index (χ1n) is 4.46. The number of rotatable bonds is 2. The van der Waals surface area contributed by atoms with Gasteiger partial charge >= 0.3 is 0 Å². The minimum absolute atomic E-state index is 0.722. The molecule has 13 heavy (non-hydrogen) atoms. The van der Waals surface area contributed by atoms with Gasteiger partial charge in [0.2, 0.25) is 0 Å². The Morgan fingerprint density at radius 2 is 1.77 bits per heavy atom. The number of hydrogen-bond donors (Lipinski definition) is 2. The van der Waals surface area contributed by atoms with Crippen LogP contribution in [0.4, 0.5) is 0 Å². The molecule has 2 N–H and O–H groups in total. The summed E-state index contributed by atoms with van der Waals surface area (Å²) < 4.78 is 0. The third-order valence-corrected chi connectivity index (χ3v) is 2.42. The maximum Gasteiger partial charge on any atom is 0.105 e. The minimum atomic E-state index is -0.778. The smallest absolute Gasteiger partial charge is 0.105 e. The highest BCUT2D eigenvalue weighted by Crippen LogP contribution is 2.22. The SMILES string of the molecule is Cc1cccc([C@H](O)[C@H](C)O)c1C. The van der Waals surface area contributed by atoms with Gasteiger partial charge in [-0.1, -0.05) is 18.2 Å². The van der Waals surface area contributed by atoms with E-state index in [0.29, 0.717) is 0 Å². The van der Waals surface area contributed by atoms with Crippen LogP contribution < -0.4 is 0 Å². The zero-order valence-electron chi connectivity index (χ0n) is 8.28. The number of aryl methyl sites for hydroxylation is 1. The lowest BCUT2D eigenvalue weighted by Gasteiger charge is -2.17. The molecule has 0 heterocycles. The van der Waals surface area contributed by atoms with Crippen molar-refractivity contribution in [2.75, 3.05) is 0 Å². The van der Waals surface area contributed by atoms with Crippen LogP contribution in [0.1, 0.15) is 29.7 Å². The van der Waals surface area contributed by atoms with E-state index in [1.165, 1.54) is 0 Å². The predicted octanol–water partition coefficient (Wildman–Crippen LogP) is 1.72. The average molecular weight is 180 g/mol. The van der Waals surface area contributed by atoms with Crippen LogP contribution in [0, 0.1) is 13.8 Å². The second-order valence-corrected chi connectivity index (χ2v) is 3.47. The first-order chi connectivity index (χ1) is 6.04. The Bertz CT molecular complexity index is 292. The molecule has 0 aliphatic carbocycles. The van der Waals surface area contributed by atoms with Crippen molar-refractivity contribution in [3.8, 4) is 0 Å². The number of benzene rings is 1. The van der Waals surface area contributed by atoms with Crippen molar-refractivity contribution in [1.29, 1.82) is 0 Å². The van der Waals surface area contributed by atoms with Gasteiger partial charge in [0, 0.05) is 0 Å². The molecule has 2 atom stereocenters. The molecule has 0 aliphatic heterocycles. The molecule has 0 aliphatic rings. The summed E-state index contributed by atoms with van der Waals surface area (Å²) in [6.07, 6.45) is -1.50. The van der Waals surface area contributed by atoms with Gasteiger partial charge in [0.15, 0.2) is 0 Å². The van der Waals surface area contributed by atoms with Crippen LogP contribution in [0.3, 0.4) is 0 Å². The molecule has 2 heteroatoms. The van der Waals surface area contributed by atoms with Gasteiger partial charge in [0.05, 0.1) is 6.10 Å². The van der Waals surface area contributed by atoms with Gasteiger partial charge in [-0.3, -0.25) is 0 Å². The Balaban J connectivity index is 3.07. The maximum absolute atomic E-state index is 9.65. The van der Waals surface area contributed by atoms with E-state index in [4.69, 9.17) is 0 Å². The van der Waals surface area contributed by atoms with Gasteiger partial charge < -0.3 is 10.2 Å². The molecule has 1 rings (SSSR count). The first kappa shape index (κ1) is 10.2. The molecular formula is C11H16O2. The molecule has 0 radical (unpaired) electrons. The molecule has 2 nitrogen and oxygen atoms in total. The molecule has 72 valence electrons. The monoisotopic (exact) mass is 180 g/mol. The van der Waals surface area contributed by atoms with Crippen LogP contribution in [0.5, 0.6) is 0 Å². The summed E-state index contributed by atoms with van der Waals surface area (Å²) in [7, 11) is 0. The molecule has 0 fully saturated rings. The minimum Gasteiger partial charge on any atom is -0.390 e. The molecule has 0 aromatic heterocycles. The van der Waals surface area contributed by atoms with E-state index in [-0.39, 0.29) is 0 Å². The van der Waals surface area contributed by atoms with Crippen LogP contribution in [-0.2, 0) is 0 Å². The molecule has 1 aromatic carbocycles. The highest BCUT2D eigenvalue weighted by molar-refractivity contribution is 5.34. The van der Waals surface area contributed by atoms with Gasteiger partial charge in [-0.25, -0.2) is 0 Å². The number of hydrogen-bond acceptors (Lipinski definition) is 2. The molecule has 0 spiro atoms. The van der Waals surface area contributed by atoms with Crippen molar-refractivity contribution in [2.24, 2.45) is 0 Å². The summed E-state index contributed by atoms with van der Waals surface area (Å²) >= 11 is 0. The highest BCUT2D eigenvalue weighted by Gasteiger charge is 2.15. The highest BCUT2D eigenvalue weighted by atomic mass is 16.3. The fourth-order valence-electron chi connectivity index (χ4n) is 1.35. The van der Waals surface area contributed by atoms with E-state index in [1.807, 2.05) is 32.0 Å².